The van der Waals surface area contributed by atoms with E-state index in [4.69, 9.17) is 9.49 Å². The lowest BCUT2D eigenvalue weighted by Crippen LogP contribution is -2.29. The van der Waals surface area contributed by atoms with Gasteiger partial charge in [0.2, 0.25) is 0 Å². The lowest BCUT2D eigenvalue weighted by molar-refractivity contribution is 0.590. The van der Waals surface area contributed by atoms with Crippen molar-refractivity contribution < 1.29 is 0 Å². The molecule has 4 aromatic carbocycles. The van der Waals surface area contributed by atoms with E-state index < -0.39 is 14.1 Å². The SMILES string of the molecule is CC(C)(C)N=P(CP(=NC(C)(C)C)(c1ccccc1)c1ccccc1)(c1ccccc1)c1ccccc1. The van der Waals surface area contributed by atoms with E-state index in [0.29, 0.717) is 0 Å². The van der Waals surface area contributed by atoms with E-state index in [9.17, 15) is 0 Å². The van der Waals surface area contributed by atoms with Gasteiger partial charge in [-0.15, -0.1) is 0 Å². The van der Waals surface area contributed by atoms with Crippen molar-refractivity contribution in [3.05, 3.63) is 121 Å². The molecule has 0 bridgehead atoms. The first kappa shape index (κ1) is 27.4. The van der Waals surface area contributed by atoms with Crippen molar-refractivity contribution in [2.45, 2.75) is 52.6 Å². The topological polar surface area (TPSA) is 24.7 Å². The van der Waals surface area contributed by atoms with Gasteiger partial charge in [-0.3, -0.25) is 9.49 Å². The van der Waals surface area contributed by atoms with Crippen LogP contribution in [0.5, 0.6) is 0 Å². The van der Waals surface area contributed by atoms with Crippen LogP contribution in [0.1, 0.15) is 41.5 Å². The number of hydrogen-bond acceptors (Lipinski definition) is 2. The van der Waals surface area contributed by atoms with Gasteiger partial charge >= 0.3 is 0 Å². The molecular formula is C33H40N2P2. The smallest absolute Gasteiger partial charge is 0.0517 e. The third-order valence-electron chi connectivity index (χ3n) is 6.08. The molecule has 0 N–H and O–H groups in total. The fourth-order valence-electron chi connectivity index (χ4n) is 4.94. The van der Waals surface area contributed by atoms with Crippen LogP contribution in [0.4, 0.5) is 0 Å². The minimum atomic E-state index is -2.28. The molecule has 0 saturated heterocycles. The second kappa shape index (κ2) is 11.0. The summed E-state index contributed by atoms with van der Waals surface area (Å²) in [6.45, 7) is 13.4. The molecule has 37 heavy (non-hydrogen) atoms. The summed E-state index contributed by atoms with van der Waals surface area (Å²) in [5, 5.41) is 5.26. The molecule has 0 amide bonds. The maximum absolute atomic E-state index is 5.83. The predicted molar refractivity (Wildman–Crippen MR) is 167 cm³/mol. The summed E-state index contributed by atoms with van der Waals surface area (Å²) in [7, 11) is -4.56. The molecule has 0 spiro atoms. The summed E-state index contributed by atoms with van der Waals surface area (Å²) in [4.78, 5) is 0. The number of hydrogen-bond donors (Lipinski definition) is 0. The quantitative estimate of drug-likeness (QED) is 0.226. The number of rotatable bonds is 6. The fraction of sp³-hybridized carbons (Fsp3) is 0.273. The zero-order valence-electron chi connectivity index (χ0n) is 23.0. The van der Waals surface area contributed by atoms with Gasteiger partial charge < -0.3 is 0 Å². The Morgan fingerprint density at radius 3 is 0.811 bits per heavy atom. The van der Waals surface area contributed by atoms with Crippen LogP contribution in [-0.2, 0) is 0 Å². The van der Waals surface area contributed by atoms with Crippen LogP contribution in [0.2, 0.25) is 0 Å². The molecule has 0 atom stereocenters. The van der Waals surface area contributed by atoms with Crippen LogP contribution in [0, 0.1) is 0 Å². The van der Waals surface area contributed by atoms with E-state index in [1.807, 2.05) is 0 Å². The first-order valence-corrected chi connectivity index (χ1v) is 16.9. The Morgan fingerprint density at radius 2 is 0.622 bits per heavy atom. The van der Waals surface area contributed by atoms with Gasteiger partial charge in [0.25, 0.3) is 0 Å². The van der Waals surface area contributed by atoms with Crippen molar-refractivity contribution in [1.82, 2.24) is 0 Å². The molecule has 0 aromatic heterocycles. The van der Waals surface area contributed by atoms with E-state index >= 15 is 0 Å². The average molecular weight is 527 g/mol. The summed E-state index contributed by atoms with van der Waals surface area (Å²) >= 11 is 0. The third kappa shape index (κ3) is 6.43. The highest BCUT2D eigenvalue weighted by Crippen LogP contribution is 2.64. The van der Waals surface area contributed by atoms with Crippen LogP contribution in [-0.4, -0.2) is 17.0 Å². The molecule has 0 unspecified atom stereocenters. The Labute approximate surface area is 224 Å². The molecule has 0 heterocycles. The summed E-state index contributed by atoms with van der Waals surface area (Å²) in [6.07, 6.45) is 0. The van der Waals surface area contributed by atoms with E-state index in [1.54, 1.807) is 0 Å². The number of benzene rings is 4. The standard InChI is InChI=1S/C33H40N2P2/c1-32(2,3)34-36(28-19-11-7-12-20-28,29-21-13-8-14-22-29)27-37(35-33(4,5)6,30-23-15-9-16-24-30)31-25-17-10-18-26-31/h7-26H,27H2,1-6H3. The van der Waals surface area contributed by atoms with E-state index in [1.165, 1.54) is 21.2 Å². The van der Waals surface area contributed by atoms with Crippen LogP contribution in [0.3, 0.4) is 0 Å². The van der Waals surface area contributed by atoms with Crippen LogP contribution in [0.15, 0.2) is 131 Å². The summed E-state index contributed by atoms with van der Waals surface area (Å²) in [5.41, 5.74) is -0.436. The third-order valence-corrected chi connectivity index (χ3v) is 15.9. The summed E-state index contributed by atoms with van der Waals surface area (Å²) < 4.78 is 11.7. The van der Waals surface area contributed by atoms with Gasteiger partial charge in [-0.1, -0.05) is 121 Å². The van der Waals surface area contributed by atoms with Gasteiger partial charge in [-0.05, 0) is 62.8 Å². The van der Waals surface area contributed by atoms with Crippen molar-refractivity contribution in [2.75, 3.05) is 5.90 Å². The lowest BCUT2D eigenvalue weighted by atomic mass is 10.1. The molecule has 0 aliphatic heterocycles. The Bertz CT molecular complexity index is 1200. The van der Waals surface area contributed by atoms with Crippen molar-refractivity contribution in [1.29, 1.82) is 0 Å². The maximum Gasteiger partial charge on any atom is 0.0517 e. The van der Waals surface area contributed by atoms with Gasteiger partial charge in [0.1, 0.15) is 0 Å². The normalized spacial score (nSPS) is 12.7. The molecule has 0 radical (unpaired) electrons. The van der Waals surface area contributed by atoms with Crippen LogP contribution < -0.4 is 21.2 Å². The molecule has 4 aromatic rings. The zero-order valence-corrected chi connectivity index (χ0v) is 24.8. The Morgan fingerprint density at radius 1 is 0.405 bits per heavy atom. The lowest BCUT2D eigenvalue weighted by Gasteiger charge is -2.38. The first-order valence-electron chi connectivity index (χ1n) is 13.0. The average Bonchev–Trinajstić information content (AvgIpc) is 2.88. The first-order chi connectivity index (χ1) is 17.5. The summed E-state index contributed by atoms with van der Waals surface area (Å²) in [6, 6.07) is 44.1. The minimum absolute atomic E-state index is 0.218. The van der Waals surface area contributed by atoms with Crippen molar-refractivity contribution in [3.63, 3.8) is 0 Å². The predicted octanol–water partition coefficient (Wildman–Crippen LogP) is 8.25. The Kier molecular flexibility index (Phi) is 8.13. The summed E-state index contributed by atoms with van der Waals surface area (Å²) in [5.74, 6) is 0.886. The second-order valence-electron chi connectivity index (χ2n) is 11.6. The minimum Gasteiger partial charge on any atom is -0.288 e. The number of nitrogens with zero attached hydrogens (tertiary/aromatic N) is 2. The molecular weight excluding hydrogens is 486 g/mol. The Balaban J connectivity index is 2.21. The molecule has 2 nitrogen and oxygen atoms in total. The van der Waals surface area contributed by atoms with Crippen LogP contribution >= 0.6 is 14.1 Å². The van der Waals surface area contributed by atoms with Crippen molar-refractivity contribution >= 4 is 35.3 Å². The maximum atomic E-state index is 5.83. The molecule has 0 aliphatic carbocycles. The van der Waals surface area contributed by atoms with Gasteiger partial charge in [0, 0.05) is 20.0 Å². The van der Waals surface area contributed by atoms with Crippen molar-refractivity contribution in [2.24, 2.45) is 9.49 Å². The molecule has 192 valence electrons. The zero-order chi connectivity index (χ0) is 26.6. The van der Waals surface area contributed by atoms with E-state index in [0.717, 1.165) is 5.90 Å². The van der Waals surface area contributed by atoms with Crippen molar-refractivity contribution in [3.8, 4) is 0 Å². The highest BCUT2D eigenvalue weighted by molar-refractivity contribution is 7.96. The monoisotopic (exact) mass is 526 g/mol. The molecule has 0 aliphatic rings. The van der Waals surface area contributed by atoms with Gasteiger partial charge in [0.15, 0.2) is 0 Å². The van der Waals surface area contributed by atoms with E-state index in [-0.39, 0.29) is 11.1 Å². The fourth-order valence-corrected chi connectivity index (χ4v) is 16.2. The molecule has 4 rings (SSSR count). The molecule has 4 heteroatoms. The Hall–Kier alpha value is -2.66. The van der Waals surface area contributed by atoms with E-state index in [2.05, 4.69) is 163 Å². The van der Waals surface area contributed by atoms with Gasteiger partial charge in [0.05, 0.1) is 11.1 Å². The molecule has 0 saturated carbocycles. The van der Waals surface area contributed by atoms with Gasteiger partial charge in [-0.2, -0.15) is 0 Å². The van der Waals surface area contributed by atoms with Crippen LogP contribution in [0.25, 0.3) is 0 Å². The molecule has 0 fully saturated rings. The largest absolute Gasteiger partial charge is 0.288 e. The van der Waals surface area contributed by atoms with Gasteiger partial charge in [-0.25, -0.2) is 0 Å². The highest BCUT2D eigenvalue weighted by atomic mass is 31.2. The highest BCUT2D eigenvalue weighted by Gasteiger charge is 2.38. The second-order valence-corrected chi connectivity index (χ2v) is 18.2.